The van der Waals surface area contributed by atoms with Crippen molar-refractivity contribution in [3.8, 4) is 0 Å². The minimum atomic E-state index is -4.77. The highest BCUT2D eigenvalue weighted by atomic mass is 19.4. The number of fused-ring (bicyclic) bond motifs is 1. The van der Waals surface area contributed by atoms with Gasteiger partial charge in [-0.15, -0.1) is 5.11 Å². The summed E-state index contributed by atoms with van der Waals surface area (Å²) in [6, 6.07) is -2.45. The topological polar surface area (TPSA) is 161 Å². The number of likely N-dealkylation sites (tertiary alicyclic amines) is 1. The molecule has 19 heteroatoms. The molecule has 0 radical (unpaired) electrons. The van der Waals surface area contributed by atoms with E-state index in [-0.39, 0.29) is 43.1 Å². The molecule has 5 atom stereocenters. The molecule has 1 aliphatic carbocycles. The molecule has 1 saturated carbocycles. The van der Waals surface area contributed by atoms with Gasteiger partial charge in [-0.1, -0.05) is 40.5 Å². The van der Waals surface area contributed by atoms with Crippen molar-refractivity contribution in [2.75, 3.05) is 6.54 Å². The van der Waals surface area contributed by atoms with Crippen LogP contribution in [0, 0.1) is 34.7 Å². The van der Waals surface area contributed by atoms with Gasteiger partial charge in [0.2, 0.25) is 30.3 Å². The fourth-order valence-corrected chi connectivity index (χ4v) is 7.72. The first-order chi connectivity index (χ1) is 26.3. The Bertz CT molecular complexity index is 1800. The van der Waals surface area contributed by atoms with Gasteiger partial charge < -0.3 is 20.9 Å². The highest BCUT2D eigenvalue weighted by Gasteiger charge is 2.52. The van der Waals surface area contributed by atoms with E-state index in [2.05, 4.69) is 15.5 Å². The van der Waals surface area contributed by atoms with Crippen molar-refractivity contribution in [2.24, 2.45) is 33.2 Å². The maximum Gasteiger partial charge on any atom is 0.431 e. The number of alkyl halides is 3. The molecule has 1 saturated heterocycles. The van der Waals surface area contributed by atoms with Crippen LogP contribution in [0.25, 0.3) is 0 Å². The molecule has 0 aromatic heterocycles. The van der Waals surface area contributed by atoms with Crippen molar-refractivity contribution in [1.29, 1.82) is 0 Å². The molecule has 5 rings (SSSR count). The van der Waals surface area contributed by atoms with Gasteiger partial charge in [0.1, 0.15) is 23.4 Å². The molecular formula is C37H46F6N8O5. The van der Waals surface area contributed by atoms with Crippen LogP contribution in [-0.2, 0) is 30.4 Å². The number of hydrogen-bond donors (Lipinski definition) is 2. The average molecular weight is 797 g/mol. The molecule has 3 aliphatic heterocycles. The van der Waals surface area contributed by atoms with Crippen LogP contribution in [0.1, 0.15) is 78.2 Å². The van der Waals surface area contributed by atoms with Gasteiger partial charge in [-0.2, -0.15) is 18.3 Å². The van der Waals surface area contributed by atoms with Crippen LogP contribution in [0.15, 0.2) is 46.8 Å². The Morgan fingerprint density at radius 2 is 1.66 bits per heavy atom. The Morgan fingerprint density at radius 3 is 2.27 bits per heavy atom. The van der Waals surface area contributed by atoms with Crippen LogP contribution in [0.4, 0.5) is 26.3 Å². The van der Waals surface area contributed by atoms with Crippen molar-refractivity contribution < 1.29 is 50.3 Å². The van der Waals surface area contributed by atoms with Crippen LogP contribution in [0.2, 0.25) is 0 Å². The molecule has 0 spiro atoms. The van der Waals surface area contributed by atoms with E-state index >= 15 is 4.39 Å². The van der Waals surface area contributed by atoms with E-state index < -0.39 is 102 Å². The van der Waals surface area contributed by atoms with Crippen LogP contribution >= 0.6 is 0 Å². The molecule has 13 nitrogen and oxygen atoms in total. The number of carbonyl (C=O) groups excluding carboxylic acids is 5. The Labute approximate surface area is 320 Å². The van der Waals surface area contributed by atoms with Gasteiger partial charge in [0.05, 0.1) is 12.2 Å². The zero-order chi connectivity index (χ0) is 41.3. The monoisotopic (exact) mass is 796 g/mol. The Hall–Kier alpha value is -4.81. The van der Waals surface area contributed by atoms with Crippen LogP contribution < -0.4 is 11.1 Å². The normalized spacial score (nSPS) is 21.9. The van der Waals surface area contributed by atoms with Gasteiger partial charge in [-0.25, -0.2) is 13.2 Å². The third-order valence-corrected chi connectivity index (χ3v) is 11.0. The van der Waals surface area contributed by atoms with Gasteiger partial charge in [0.25, 0.3) is 0 Å². The summed E-state index contributed by atoms with van der Waals surface area (Å²) in [6.45, 7) is 7.06. The van der Waals surface area contributed by atoms with Gasteiger partial charge in [0.15, 0.2) is 23.2 Å². The number of amides is 4. The molecular weight excluding hydrogens is 750 g/mol. The number of nitrogens with zero attached hydrogens (tertiary/aromatic N) is 6. The third-order valence-electron chi connectivity index (χ3n) is 11.0. The van der Waals surface area contributed by atoms with Crippen molar-refractivity contribution in [2.45, 2.75) is 116 Å². The SMILES string of the molecule is CC(C)C(N)C(=O)C1(C(=O)NC(C(=O)N2CCCC2N(C=O)C(CC(=O)N2C=CN3C(=C2)N=NC3C(F)(F)F)Cc2cc(F)c(F)cc2F)C(C)C)CCCC1. The van der Waals surface area contributed by atoms with E-state index in [0.29, 0.717) is 42.7 Å². The number of nitrogens with one attached hydrogen (secondary N) is 1. The number of azo groups is 1. The quantitative estimate of drug-likeness (QED) is 0.118. The highest BCUT2D eigenvalue weighted by molar-refractivity contribution is 6.09. The molecule has 306 valence electrons. The van der Waals surface area contributed by atoms with Crippen molar-refractivity contribution >= 4 is 29.9 Å². The number of nitrogens with two attached hydrogens (primary N) is 1. The second-order valence-electron chi connectivity index (χ2n) is 15.4. The predicted octanol–water partition coefficient (Wildman–Crippen LogP) is 4.83. The molecule has 0 bridgehead atoms. The summed E-state index contributed by atoms with van der Waals surface area (Å²) in [7, 11) is 0. The lowest BCUT2D eigenvalue weighted by atomic mass is 9.75. The van der Waals surface area contributed by atoms with Crippen molar-refractivity contribution in [1.82, 2.24) is 24.9 Å². The average Bonchev–Trinajstić information content (AvgIpc) is 3.92. The number of Topliss-reactive ketones (excluding diaryl/α,β-unsaturated/α-hetero) is 1. The van der Waals surface area contributed by atoms with Crippen LogP contribution in [0.5, 0.6) is 0 Å². The zero-order valence-corrected chi connectivity index (χ0v) is 31.4. The summed E-state index contributed by atoms with van der Waals surface area (Å²) in [5.41, 5.74) is 4.41. The Kier molecular flexibility index (Phi) is 12.7. The van der Waals surface area contributed by atoms with E-state index in [1.807, 2.05) is 0 Å². The first kappa shape index (κ1) is 42.3. The summed E-state index contributed by atoms with van der Waals surface area (Å²) in [5, 5.41) is 9.55. The molecule has 5 unspecified atom stereocenters. The standard InChI is InChI=1S/C37H46F6N8O5/c1-20(2)30(44)32(54)36(9-5-6-10-36)35(56)45-31(21(3)4)33(55)50-11-7-8-28(50)51(19-52)23(14-22-15-25(39)26(40)17-24(22)38)16-29(53)48-12-13-49-27(18-48)46-47-34(49)37(41,42)43/h12-13,15,17-21,23,28,30-31,34H,5-11,14,16,44H2,1-4H3,(H,45,56). The molecule has 3 N–H and O–H groups in total. The minimum Gasteiger partial charge on any atom is -0.343 e. The zero-order valence-electron chi connectivity index (χ0n) is 31.4. The number of rotatable bonds is 14. The predicted molar refractivity (Wildman–Crippen MR) is 187 cm³/mol. The summed E-state index contributed by atoms with van der Waals surface area (Å²) >= 11 is 0. The second-order valence-corrected chi connectivity index (χ2v) is 15.4. The lowest BCUT2D eigenvalue weighted by molar-refractivity contribution is -0.168. The summed E-state index contributed by atoms with van der Waals surface area (Å²) in [4.78, 5) is 72.8. The van der Waals surface area contributed by atoms with Crippen LogP contribution in [0.3, 0.4) is 0 Å². The number of hydrogen-bond acceptors (Lipinski definition) is 9. The lowest BCUT2D eigenvalue weighted by Gasteiger charge is -2.40. The molecule has 56 heavy (non-hydrogen) atoms. The Balaban J connectivity index is 1.42. The van der Waals surface area contributed by atoms with E-state index in [1.165, 1.54) is 4.90 Å². The van der Waals surface area contributed by atoms with E-state index in [4.69, 9.17) is 5.73 Å². The van der Waals surface area contributed by atoms with E-state index in [1.54, 1.807) is 27.7 Å². The van der Waals surface area contributed by atoms with Crippen molar-refractivity contribution in [3.63, 3.8) is 0 Å². The molecule has 3 heterocycles. The third kappa shape index (κ3) is 8.46. The van der Waals surface area contributed by atoms with Gasteiger partial charge in [-0.05, 0) is 55.6 Å². The van der Waals surface area contributed by atoms with Gasteiger partial charge in [0, 0.05) is 37.5 Å². The number of carbonyl (C=O) groups is 5. The van der Waals surface area contributed by atoms with Gasteiger partial charge in [-0.3, -0.25) is 33.8 Å². The fraction of sp³-hybridized carbons (Fsp3) is 0.595. The molecule has 1 aromatic rings. The maximum atomic E-state index is 15.1. The number of ketones is 1. The lowest BCUT2D eigenvalue weighted by Crippen LogP contribution is -2.60. The van der Waals surface area contributed by atoms with E-state index in [9.17, 15) is 45.9 Å². The summed E-state index contributed by atoms with van der Waals surface area (Å²) in [5.74, 6) is -7.46. The minimum absolute atomic E-state index is 0.109. The number of benzene rings is 1. The van der Waals surface area contributed by atoms with Crippen molar-refractivity contribution in [3.05, 3.63) is 59.6 Å². The first-order valence-corrected chi connectivity index (χ1v) is 18.6. The fourth-order valence-electron chi connectivity index (χ4n) is 7.72. The maximum absolute atomic E-state index is 15.1. The smallest absolute Gasteiger partial charge is 0.343 e. The molecule has 4 amide bonds. The van der Waals surface area contributed by atoms with E-state index in [0.717, 1.165) is 28.4 Å². The summed E-state index contributed by atoms with van der Waals surface area (Å²) < 4.78 is 83.6. The highest BCUT2D eigenvalue weighted by Crippen LogP contribution is 2.41. The van der Waals surface area contributed by atoms with Crippen LogP contribution in [-0.4, -0.2) is 92.7 Å². The Morgan fingerprint density at radius 1 is 1.00 bits per heavy atom. The molecule has 2 fully saturated rings. The van der Waals surface area contributed by atoms with Gasteiger partial charge >= 0.3 is 6.18 Å². The largest absolute Gasteiger partial charge is 0.431 e. The molecule has 4 aliphatic rings. The number of halogens is 6. The second kappa shape index (κ2) is 16.7. The first-order valence-electron chi connectivity index (χ1n) is 18.6. The summed E-state index contributed by atoms with van der Waals surface area (Å²) in [6.07, 6.45) is -3.63. The molecule has 1 aromatic carbocycles.